The van der Waals surface area contributed by atoms with Crippen molar-refractivity contribution >= 4 is 40.1 Å². The highest BCUT2D eigenvalue weighted by Crippen LogP contribution is 2.30. The zero-order valence-corrected chi connectivity index (χ0v) is 17.5. The molecule has 1 aliphatic heterocycles. The van der Waals surface area contributed by atoms with Gasteiger partial charge in [0.25, 0.3) is 5.91 Å². The average Bonchev–Trinajstić information content (AvgIpc) is 3.37. The summed E-state index contributed by atoms with van der Waals surface area (Å²) in [6.07, 6.45) is 0. The molecule has 0 aliphatic carbocycles. The molecule has 4 rings (SSSR count). The normalized spacial score (nSPS) is 14.4. The largest absolute Gasteiger partial charge is 0.368 e. The number of ketones is 1. The van der Waals surface area contributed by atoms with E-state index in [0.29, 0.717) is 18.8 Å². The molecule has 28 heavy (non-hydrogen) atoms. The first-order valence-corrected chi connectivity index (χ1v) is 10.9. The highest BCUT2D eigenvalue weighted by Gasteiger charge is 2.24. The molecule has 0 N–H and O–H groups in total. The van der Waals surface area contributed by atoms with Crippen LogP contribution >= 0.6 is 22.7 Å². The molecule has 1 fully saturated rings. The predicted octanol–water partition coefficient (Wildman–Crippen LogP) is 4.35. The molecule has 0 unspecified atom stereocenters. The summed E-state index contributed by atoms with van der Waals surface area (Å²) < 4.78 is 0. The van der Waals surface area contributed by atoms with Gasteiger partial charge in [-0.1, -0.05) is 0 Å². The summed E-state index contributed by atoms with van der Waals surface area (Å²) in [5, 5.41) is 2.77. The molecule has 0 spiro atoms. The smallest absolute Gasteiger partial charge is 0.273 e. The number of amides is 1. The maximum absolute atomic E-state index is 12.8. The molecule has 5 nitrogen and oxygen atoms in total. The number of rotatable bonds is 4. The minimum absolute atomic E-state index is 0.00218. The third-order valence-electron chi connectivity index (χ3n) is 4.88. The predicted molar refractivity (Wildman–Crippen MR) is 115 cm³/mol. The summed E-state index contributed by atoms with van der Waals surface area (Å²) in [4.78, 5) is 35.3. The number of hydrogen-bond donors (Lipinski definition) is 0. The number of piperazine rings is 1. The van der Waals surface area contributed by atoms with E-state index < -0.39 is 0 Å². The molecule has 1 aromatic carbocycles. The minimum Gasteiger partial charge on any atom is -0.368 e. The summed E-state index contributed by atoms with van der Waals surface area (Å²) in [6.45, 7) is 6.51. The number of thiazole rings is 1. The second kappa shape index (κ2) is 7.85. The molecule has 1 saturated heterocycles. The number of aryl methyl sites for hydroxylation is 1. The first-order chi connectivity index (χ1) is 13.5. The van der Waals surface area contributed by atoms with Crippen molar-refractivity contribution in [2.75, 3.05) is 31.1 Å². The van der Waals surface area contributed by atoms with E-state index in [4.69, 9.17) is 0 Å². The first-order valence-electron chi connectivity index (χ1n) is 9.19. The molecule has 1 aliphatic rings. The van der Waals surface area contributed by atoms with Gasteiger partial charge in [0.05, 0.1) is 4.88 Å². The zero-order chi connectivity index (χ0) is 19.7. The van der Waals surface area contributed by atoms with Crippen LogP contribution in [0.5, 0.6) is 0 Å². The third-order valence-corrected chi connectivity index (χ3v) is 6.89. The van der Waals surface area contributed by atoms with E-state index in [0.717, 1.165) is 34.2 Å². The number of carbonyl (C=O) groups excluding carboxylic acids is 2. The molecule has 3 aromatic rings. The van der Waals surface area contributed by atoms with Gasteiger partial charge in [-0.05, 0) is 50.2 Å². The molecule has 0 radical (unpaired) electrons. The summed E-state index contributed by atoms with van der Waals surface area (Å²) in [5.74, 6) is 0.0738. The molecule has 0 atom stereocenters. The Labute approximate surface area is 172 Å². The zero-order valence-electron chi connectivity index (χ0n) is 15.8. The van der Waals surface area contributed by atoms with Crippen LogP contribution in [0, 0.1) is 6.92 Å². The van der Waals surface area contributed by atoms with Gasteiger partial charge in [-0.2, -0.15) is 0 Å². The van der Waals surface area contributed by atoms with Gasteiger partial charge in [0, 0.05) is 47.7 Å². The lowest BCUT2D eigenvalue weighted by molar-refractivity contribution is 0.0741. The Balaban J connectivity index is 1.39. The monoisotopic (exact) mass is 411 g/mol. The van der Waals surface area contributed by atoms with Crippen molar-refractivity contribution in [2.24, 2.45) is 0 Å². The van der Waals surface area contributed by atoms with Gasteiger partial charge >= 0.3 is 0 Å². The third kappa shape index (κ3) is 3.86. The SMILES string of the molecule is CC(=O)c1ccc(N2CCN(C(=O)c3csc(-c4ccc(C)s4)n3)CC2)cc1. The van der Waals surface area contributed by atoms with Crippen LogP contribution in [0.3, 0.4) is 0 Å². The highest BCUT2D eigenvalue weighted by molar-refractivity contribution is 7.21. The first kappa shape index (κ1) is 18.8. The van der Waals surface area contributed by atoms with Crippen LogP contribution < -0.4 is 4.90 Å². The van der Waals surface area contributed by atoms with Crippen molar-refractivity contribution in [2.45, 2.75) is 13.8 Å². The van der Waals surface area contributed by atoms with Crippen LogP contribution in [-0.4, -0.2) is 47.8 Å². The van der Waals surface area contributed by atoms with Crippen molar-refractivity contribution in [1.82, 2.24) is 9.88 Å². The van der Waals surface area contributed by atoms with E-state index >= 15 is 0 Å². The quantitative estimate of drug-likeness (QED) is 0.599. The molecule has 3 heterocycles. The Morgan fingerprint density at radius 2 is 1.71 bits per heavy atom. The van der Waals surface area contributed by atoms with Crippen LogP contribution in [0.15, 0.2) is 41.8 Å². The lowest BCUT2D eigenvalue weighted by Gasteiger charge is -2.35. The van der Waals surface area contributed by atoms with Gasteiger partial charge in [-0.25, -0.2) is 4.98 Å². The maximum atomic E-state index is 12.8. The number of thiophene rings is 1. The molecule has 7 heteroatoms. The van der Waals surface area contributed by atoms with Gasteiger partial charge in [0.1, 0.15) is 10.7 Å². The van der Waals surface area contributed by atoms with Crippen LogP contribution in [-0.2, 0) is 0 Å². The molecule has 0 saturated carbocycles. The fourth-order valence-corrected chi connectivity index (χ4v) is 5.00. The molecular formula is C21H21N3O2S2. The van der Waals surface area contributed by atoms with E-state index in [-0.39, 0.29) is 11.7 Å². The Morgan fingerprint density at radius 1 is 1.00 bits per heavy atom. The van der Waals surface area contributed by atoms with Crippen LogP contribution in [0.25, 0.3) is 9.88 Å². The number of anilines is 1. The number of Topliss-reactive ketones (excluding diaryl/α,β-unsaturated/α-hetero) is 1. The topological polar surface area (TPSA) is 53.5 Å². The van der Waals surface area contributed by atoms with Crippen molar-refractivity contribution in [3.8, 4) is 9.88 Å². The van der Waals surface area contributed by atoms with E-state index in [1.165, 1.54) is 16.2 Å². The highest BCUT2D eigenvalue weighted by atomic mass is 32.1. The lowest BCUT2D eigenvalue weighted by atomic mass is 10.1. The summed E-state index contributed by atoms with van der Waals surface area (Å²) >= 11 is 3.22. The molecular weight excluding hydrogens is 390 g/mol. The van der Waals surface area contributed by atoms with Gasteiger partial charge < -0.3 is 9.80 Å². The standard InChI is InChI=1S/C21H21N3O2S2/c1-14-3-8-19(28-14)20-22-18(13-27-20)21(26)24-11-9-23(10-12-24)17-6-4-16(5-7-17)15(2)25/h3-8,13H,9-12H2,1-2H3. The summed E-state index contributed by atoms with van der Waals surface area (Å²) in [6, 6.07) is 11.8. The fraction of sp³-hybridized carbons (Fsp3) is 0.286. The number of nitrogens with zero attached hydrogens (tertiary/aromatic N) is 3. The maximum Gasteiger partial charge on any atom is 0.273 e. The van der Waals surface area contributed by atoms with Gasteiger partial charge in [0.2, 0.25) is 0 Å². The molecule has 144 valence electrons. The number of benzene rings is 1. The molecule has 1 amide bonds. The summed E-state index contributed by atoms with van der Waals surface area (Å²) in [5.41, 5.74) is 2.34. The van der Waals surface area contributed by atoms with Crippen molar-refractivity contribution < 1.29 is 9.59 Å². The van der Waals surface area contributed by atoms with Gasteiger partial charge in [0.15, 0.2) is 5.78 Å². The molecule has 0 bridgehead atoms. The summed E-state index contributed by atoms with van der Waals surface area (Å²) in [7, 11) is 0. The fourth-order valence-electron chi connectivity index (χ4n) is 3.27. The number of carbonyl (C=O) groups is 2. The average molecular weight is 412 g/mol. The van der Waals surface area contributed by atoms with E-state index in [9.17, 15) is 9.59 Å². The van der Waals surface area contributed by atoms with Crippen LogP contribution in [0.1, 0.15) is 32.6 Å². The van der Waals surface area contributed by atoms with Crippen LogP contribution in [0.4, 0.5) is 5.69 Å². The Hall–Kier alpha value is -2.51. The van der Waals surface area contributed by atoms with Crippen molar-refractivity contribution in [1.29, 1.82) is 0 Å². The van der Waals surface area contributed by atoms with E-state index in [1.807, 2.05) is 34.5 Å². The Bertz CT molecular complexity index is 999. The van der Waals surface area contributed by atoms with E-state index in [2.05, 4.69) is 28.9 Å². The van der Waals surface area contributed by atoms with Crippen molar-refractivity contribution in [3.05, 3.63) is 57.9 Å². The van der Waals surface area contributed by atoms with Crippen LogP contribution in [0.2, 0.25) is 0 Å². The van der Waals surface area contributed by atoms with Gasteiger partial charge in [-0.15, -0.1) is 22.7 Å². The second-order valence-corrected chi connectivity index (χ2v) is 8.98. The van der Waals surface area contributed by atoms with Crippen molar-refractivity contribution in [3.63, 3.8) is 0 Å². The lowest BCUT2D eigenvalue weighted by Crippen LogP contribution is -2.48. The van der Waals surface area contributed by atoms with E-state index in [1.54, 1.807) is 18.3 Å². The number of hydrogen-bond acceptors (Lipinski definition) is 6. The Morgan fingerprint density at radius 3 is 2.32 bits per heavy atom. The number of aromatic nitrogens is 1. The second-order valence-electron chi connectivity index (χ2n) is 6.83. The minimum atomic E-state index is 0.00218. The molecule has 2 aromatic heterocycles. The Kier molecular flexibility index (Phi) is 5.28. The van der Waals surface area contributed by atoms with Gasteiger partial charge in [-0.3, -0.25) is 9.59 Å².